The fourth-order valence-electron chi connectivity index (χ4n) is 1.31. The van der Waals surface area contributed by atoms with Gasteiger partial charge in [-0.1, -0.05) is 22.9 Å². The van der Waals surface area contributed by atoms with Crippen LogP contribution >= 0.6 is 15.9 Å². The summed E-state index contributed by atoms with van der Waals surface area (Å²) in [6.07, 6.45) is 0.449. The molecule has 0 aliphatic heterocycles. The second-order valence-corrected chi connectivity index (χ2v) is 4.08. The van der Waals surface area contributed by atoms with Crippen molar-refractivity contribution in [2.75, 3.05) is 5.32 Å². The van der Waals surface area contributed by atoms with Crippen LogP contribution in [-0.2, 0) is 4.79 Å². The van der Waals surface area contributed by atoms with Crippen molar-refractivity contribution in [3.63, 3.8) is 0 Å². The zero-order chi connectivity index (χ0) is 10.8. The van der Waals surface area contributed by atoms with Crippen molar-refractivity contribution in [1.82, 2.24) is 10.2 Å². The molecule has 2 aromatic rings. The number of carbonyl (C=O) groups is 1. The number of nitrogens with zero attached hydrogens (tertiary/aromatic N) is 1. The molecule has 0 aliphatic carbocycles. The van der Waals surface area contributed by atoms with Gasteiger partial charge in [0.05, 0.1) is 5.52 Å². The number of fused-ring (bicyclic) bond motifs is 1. The number of H-pyrrole nitrogens is 1. The minimum absolute atomic E-state index is 0.0358. The standard InChI is InChI=1S/C10H10BrN3O/c1-2-9(15)12-10-7-4-3-6(11)5-8(7)13-14-10/h3-5H,2H2,1H3,(H2,12,13,14,15). The zero-order valence-electron chi connectivity index (χ0n) is 8.17. The van der Waals surface area contributed by atoms with Crippen LogP contribution in [0.4, 0.5) is 5.82 Å². The molecule has 0 radical (unpaired) electrons. The Morgan fingerprint density at radius 3 is 3.13 bits per heavy atom. The van der Waals surface area contributed by atoms with Gasteiger partial charge >= 0.3 is 0 Å². The highest BCUT2D eigenvalue weighted by molar-refractivity contribution is 9.10. The van der Waals surface area contributed by atoms with E-state index in [4.69, 9.17) is 0 Å². The van der Waals surface area contributed by atoms with E-state index in [-0.39, 0.29) is 5.91 Å². The SMILES string of the molecule is CCC(=O)Nc1n[nH]c2cc(Br)ccc12. The summed E-state index contributed by atoms with van der Waals surface area (Å²) < 4.78 is 0.979. The number of aromatic nitrogens is 2. The topological polar surface area (TPSA) is 57.8 Å². The molecule has 0 unspecified atom stereocenters. The summed E-state index contributed by atoms with van der Waals surface area (Å²) in [5.41, 5.74) is 0.899. The summed E-state index contributed by atoms with van der Waals surface area (Å²) in [7, 11) is 0. The van der Waals surface area contributed by atoms with Gasteiger partial charge in [-0.3, -0.25) is 9.89 Å². The van der Waals surface area contributed by atoms with Gasteiger partial charge in [0.15, 0.2) is 5.82 Å². The van der Waals surface area contributed by atoms with E-state index in [2.05, 4.69) is 31.4 Å². The number of carbonyl (C=O) groups excluding carboxylic acids is 1. The number of aromatic amines is 1. The molecule has 2 rings (SSSR count). The lowest BCUT2D eigenvalue weighted by atomic mass is 10.2. The molecule has 0 aliphatic rings. The van der Waals surface area contributed by atoms with Crippen LogP contribution in [0, 0.1) is 0 Å². The number of rotatable bonds is 2. The van der Waals surface area contributed by atoms with Gasteiger partial charge in [0.25, 0.3) is 0 Å². The Kier molecular flexibility index (Phi) is 2.73. The molecular weight excluding hydrogens is 258 g/mol. The Hall–Kier alpha value is -1.36. The third-order valence-electron chi connectivity index (χ3n) is 2.10. The van der Waals surface area contributed by atoms with Crippen LogP contribution in [0.5, 0.6) is 0 Å². The normalized spacial score (nSPS) is 10.5. The first-order chi connectivity index (χ1) is 7.20. The quantitative estimate of drug-likeness (QED) is 0.879. The maximum atomic E-state index is 11.2. The minimum Gasteiger partial charge on any atom is -0.309 e. The lowest BCUT2D eigenvalue weighted by Crippen LogP contribution is -2.09. The summed E-state index contributed by atoms with van der Waals surface area (Å²) in [4.78, 5) is 11.2. The summed E-state index contributed by atoms with van der Waals surface area (Å²) >= 11 is 3.37. The van der Waals surface area contributed by atoms with Gasteiger partial charge in [-0.2, -0.15) is 5.10 Å². The van der Waals surface area contributed by atoms with E-state index in [9.17, 15) is 4.79 Å². The molecule has 1 aromatic heterocycles. The number of nitrogens with one attached hydrogen (secondary N) is 2. The average molecular weight is 268 g/mol. The van der Waals surface area contributed by atoms with Gasteiger partial charge in [0.1, 0.15) is 0 Å². The molecule has 5 heteroatoms. The summed E-state index contributed by atoms with van der Waals surface area (Å²) in [5, 5.41) is 10.6. The van der Waals surface area contributed by atoms with E-state index in [1.54, 1.807) is 6.92 Å². The molecule has 0 saturated heterocycles. The van der Waals surface area contributed by atoms with Crippen molar-refractivity contribution >= 4 is 38.6 Å². The van der Waals surface area contributed by atoms with E-state index in [1.807, 2.05) is 18.2 Å². The van der Waals surface area contributed by atoms with Gasteiger partial charge in [-0.25, -0.2) is 0 Å². The molecule has 0 bridgehead atoms. The van der Waals surface area contributed by atoms with Gasteiger partial charge in [0.2, 0.25) is 5.91 Å². The second kappa shape index (κ2) is 4.02. The zero-order valence-corrected chi connectivity index (χ0v) is 9.76. The van der Waals surface area contributed by atoms with Crippen molar-refractivity contribution in [3.05, 3.63) is 22.7 Å². The number of amides is 1. The molecule has 1 amide bonds. The summed E-state index contributed by atoms with van der Waals surface area (Å²) in [6.45, 7) is 1.81. The predicted molar refractivity (Wildman–Crippen MR) is 62.7 cm³/mol. The molecule has 0 saturated carbocycles. The molecule has 15 heavy (non-hydrogen) atoms. The summed E-state index contributed by atoms with van der Waals surface area (Å²) in [6, 6.07) is 5.75. The Labute approximate surface area is 95.2 Å². The molecule has 4 nitrogen and oxygen atoms in total. The van der Waals surface area contributed by atoms with E-state index in [1.165, 1.54) is 0 Å². The third-order valence-corrected chi connectivity index (χ3v) is 2.60. The smallest absolute Gasteiger partial charge is 0.225 e. The number of anilines is 1. The number of halogens is 1. The second-order valence-electron chi connectivity index (χ2n) is 3.16. The van der Waals surface area contributed by atoms with Crippen LogP contribution in [0.25, 0.3) is 10.9 Å². The van der Waals surface area contributed by atoms with Crippen LogP contribution in [0.1, 0.15) is 13.3 Å². The largest absolute Gasteiger partial charge is 0.309 e. The van der Waals surface area contributed by atoms with E-state index < -0.39 is 0 Å². The Morgan fingerprint density at radius 1 is 1.60 bits per heavy atom. The van der Waals surface area contributed by atoms with Crippen molar-refractivity contribution in [2.24, 2.45) is 0 Å². The van der Waals surface area contributed by atoms with Gasteiger partial charge in [0, 0.05) is 16.3 Å². The first-order valence-electron chi connectivity index (χ1n) is 4.64. The monoisotopic (exact) mass is 267 g/mol. The number of hydrogen-bond donors (Lipinski definition) is 2. The number of hydrogen-bond acceptors (Lipinski definition) is 2. The van der Waals surface area contributed by atoms with Gasteiger partial charge in [-0.05, 0) is 18.2 Å². The fraction of sp³-hybridized carbons (Fsp3) is 0.200. The highest BCUT2D eigenvalue weighted by Gasteiger charge is 2.07. The Balaban J connectivity index is 2.41. The average Bonchev–Trinajstić information content (AvgIpc) is 2.60. The Morgan fingerprint density at radius 2 is 2.40 bits per heavy atom. The van der Waals surface area contributed by atoms with E-state index >= 15 is 0 Å². The fourth-order valence-corrected chi connectivity index (χ4v) is 1.67. The molecule has 0 fully saturated rings. The Bertz CT molecular complexity index is 506. The van der Waals surface area contributed by atoms with Gasteiger partial charge in [-0.15, -0.1) is 0 Å². The first kappa shape index (κ1) is 10.2. The highest BCUT2D eigenvalue weighted by atomic mass is 79.9. The maximum Gasteiger partial charge on any atom is 0.225 e. The van der Waals surface area contributed by atoms with Gasteiger partial charge < -0.3 is 5.32 Å². The first-order valence-corrected chi connectivity index (χ1v) is 5.43. The maximum absolute atomic E-state index is 11.2. The van der Waals surface area contributed by atoms with E-state index in [0.29, 0.717) is 12.2 Å². The van der Waals surface area contributed by atoms with Crippen molar-refractivity contribution in [1.29, 1.82) is 0 Å². The van der Waals surface area contributed by atoms with Crippen LogP contribution in [0.2, 0.25) is 0 Å². The lowest BCUT2D eigenvalue weighted by Gasteiger charge is -1.98. The lowest BCUT2D eigenvalue weighted by molar-refractivity contribution is -0.115. The minimum atomic E-state index is -0.0358. The van der Waals surface area contributed by atoms with Crippen molar-refractivity contribution in [2.45, 2.75) is 13.3 Å². The van der Waals surface area contributed by atoms with E-state index in [0.717, 1.165) is 15.4 Å². The predicted octanol–water partition coefficient (Wildman–Crippen LogP) is 2.67. The molecular formula is C10H10BrN3O. The molecule has 2 N–H and O–H groups in total. The van der Waals surface area contributed by atoms with Crippen LogP contribution in [0.15, 0.2) is 22.7 Å². The molecule has 0 atom stereocenters. The molecule has 1 aromatic carbocycles. The molecule has 78 valence electrons. The number of benzene rings is 1. The third kappa shape index (κ3) is 2.02. The molecule has 0 spiro atoms. The van der Waals surface area contributed by atoms with Crippen LogP contribution < -0.4 is 5.32 Å². The van der Waals surface area contributed by atoms with Crippen LogP contribution in [-0.4, -0.2) is 16.1 Å². The highest BCUT2D eigenvalue weighted by Crippen LogP contribution is 2.23. The van der Waals surface area contributed by atoms with Crippen molar-refractivity contribution in [3.8, 4) is 0 Å². The molecule has 1 heterocycles. The van der Waals surface area contributed by atoms with Crippen molar-refractivity contribution < 1.29 is 4.79 Å². The van der Waals surface area contributed by atoms with Crippen LogP contribution in [0.3, 0.4) is 0 Å². The summed E-state index contributed by atoms with van der Waals surface area (Å²) in [5.74, 6) is 0.552.